The molecule has 1 aliphatic rings. The van der Waals surface area contributed by atoms with Crippen molar-refractivity contribution in [3.05, 3.63) is 54.2 Å². The van der Waals surface area contributed by atoms with Crippen molar-refractivity contribution >= 4 is 28.3 Å². The Kier molecular flexibility index (Phi) is 4.35. The van der Waals surface area contributed by atoms with Gasteiger partial charge in [0.25, 0.3) is 0 Å². The van der Waals surface area contributed by atoms with Gasteiger partial charge in [-0.05, 0) is 29.9 Å². The molecule has 1 atom stereocenters. The Labute approximate surface area is 161 Å². The molecule has 0 bridgehead atoms. The molecule has 27 heavy (non-hydrogen) atoms. The van der Waals surface area contributed by atoms with E-state index in [1.54, 1.807) is 17.7 Å². The number of benzene rings is 1. The summed E-state index contributed by atoms with van der Waals surface area (Å²) in [7, 11) is 0. The molecule has 0 amide bonds. The fourth-order valence-corrected chi connectivity index (χ4v) is 4.26. The van der Waals surface area contributed by atoms with Crippen LogP contribution >= 0.6 is 11.3 Å². The summed E-state index contributed by atoms with van der Waals surface area (Å²) in [6.07, 6.45) is 3.99. The largest absolute Gasteiger partial charge is 0.436 e. The van der Waals surface area contributed by atoms with Crippen molar-refractivity contribution < 1.29 is 9.15 Å². The molecule has 0 aliphatic carbocycles. The van der Waals surface area contributed by atoms with Crippen LogP contribution in [0, 0.1) is 0 Å². The van der Waals surface area contributed by atoms with Gasteiger partial charge in [-0.3, -0.25) is 0 Å². The first-order valence-corrected chi connectivity index (χ1v) is 10.0. The Bertz CT molecular complexity index is 1040. The predicted molar refractivity (Wildman–Crippen MR) is 108 cm³/mol. The molecule has 3 aromatic heterocycles. The van der Waals surface area contributed by atoms with Gasteiger partial charge >= 0.3 is 0 Å². The lowest BCUT2D eigenvalue weighted by molar-refractivity contribution is 0.120. The average Bonchev–Trinajstić information content (AvgIpc) is 3.47. The number of nitrogens with one attached hydrogen (secondary N) is 1. The first kappa shape index (κ1) is 16.5. The van der Waals surface area contributed by atoms with Crippen molar-refractivity contribution in [1.82, 2.24) is 9.97 Å². The molecular formula is C21H19N3O2S. The Morgan fingerprint density at radius 1 is 1.11 bits per heavy atom. The minimum atomic E-state index is 0.235. The van der Waals surface area contributed by atoms with E-state index in [-0.39, 0.29) is 6.10 Å². The summed E-state index contributed by atoms with van der Waals surface area (Å²) in [5, 5.41) is 6.44. The molecule has 1 aromatic carbocycles. The molecule has 4 aromatic rings. The predicted octanol–water partition coefficient (Wildman–Crippen LogP) is 5.21. The van der Waals surface area contributed by atoms with Crippen LogP contribution in [0.4, 0.5) is 5.82 Å². The van der Waals surface area contributed by atoms with Gasteiger partial charge in [0, 0.05) is 18.7 Å². The van der Waals surface area contributed by atoms with Crippen molar-refractivity contribution in [2.75, 3.05) is 18.5 Å². The van der Waals surface area contributed by atoms with E-state index in [4.69, 9.17) is 9.15 Å². The zero-order valence-electron chi connectivity index (χ0n) is 14.7. The molecule has 6 heteroatoms. The normalized spacial score (nSPS) is 16.8. The van der Waals surface area contributed by atoms with E-state index in [2.05, 4.69) is 38.9 Å². The molecule has 1 saturated heterocycles. The van der Waals surface area contributed by atoms with Gasteiger partial charge < -0.3 is 14.5 Å². The number of hydrogen-bond acceptors (Lipinski definition) is 6. The van der Waals surface area contributed by atoms with Crippen LogP contribution in [0.1, 0.15) is 12.8 Å². The monoisotopic (exact) mass is 377 g/mol. The molecule has 1 unspecified atom stereocenters. The molecule has 0 radical (unpaired) electrons. The van der Waals surface area contributed by atoms with E-state index in [1.807, 2.05) is 24.3 Å². The molecule has 5 nitrogen and oxygen atoms in total. The van der Waals surface area contributed by atoms with Crippen molar-refractivity contribution in [2.24, 2.45) is 0 Å². The maximum Gasteiger partial charge on any atom is 0.232 e. The fraction of sp³-hybridized carbons (Fsp3) is 0.238. The second-order valence-electron chi connectivity index (χ2n) is 6.57. The number of ether oxygens (including phenoxy) is 1. The molecule has 0 saturated carbocycles. The van der Waals surface area contributed by atoms with E-state index in [0.717, 1.165) is 59.0 Å². The minimum Gasteiger partial charge on any atom is -0.436 e. The lowest BCUT2D eigenvalue weighted by Gasteiger charge is -2.12. The van der Waals surface area contributed by atoms with Crippen LogP contribution in [0.15, 0.2) is 58.6 Å². The lowest BCUT2D eigenvalue weighted by Crippen LogP contribution is -2.19. The van der Waals surface area contributed by atoms with Crippen LogP contribution in [0.5, 0.6) is 0 Å². The molecule has 1 N–H and O–H groups in total. The van der Waals surface area contributed by atoms with Crippen LogP contribution in [0.25, 0.3) is 32.9 Å². The van der Waals surface area contributed by atoms with E-state index < -0.39 is 0 Å². The summed E-state index contributed by atoms with van der Waals surface area (Å²) in [6.45, 7) is 1.58. The quantitative estimate of drug-likeness (QED) is 0.517. The first-order valence-electron chi connectivity index (χ1n) is 9.12. The molecular weight excluding hydrogens is 358 g/mol. The highest BCUT2D eigenvalue weighted by atomic mass is 32.1. The number of furan rings is 1. The average molecular weight is 377 g/mol. The van der Waals surface area contributed by atoms with E-state index in [1.165, 1.54) is 0 Å². The number of nitrogens with zero attached hydrogens (tertiary/aromatic N) is 2. The van der Waals surface area contributed by atoms with Gasteiger partial charge in [-0.15, -0.1) is 11.3 Å². The zero-order chi connectivity index (χ0) is 18.1. The van der Waals surface area contributed by atoms with E-state index in [9.17, 15) is 0 Å². The fourth-order valence-electron chi connectivity index (χ4n) is 3.54. The summed E-state index contributed by atoms with van der Waals surface area (Å²) in [4.78, 5) is 9.99. The summed E-state index contributed by atoms with van der Waals surface area (Å²) < 4.78 is 11.9. The summed E-state index contributed by atoms with van der Waals surface area (Å²) in [6, 6.07) is 14.4. The van der Waals surface area contributed by atoms with Gasteiger partial charge in [-0.2, -0.15) is 0 Å². The second kappa shape index (κ2) is 7.13. The number of hydrogen-bond donors (Lipinski definition) is 1. The van der Waals surface area contributed by atoms with E-state index in [0.29, 0.717) is 5.71 Å². The SMILES string of the molecule is c1ccc(-c2c(-c3cccs3)oc3ncnc(NCC4CCCO4)c23)cc1. The summed E-state index contributed by atoms with van der Waals surface area (Å²) in [5.74, 6) is 1.63. The van der Waals surface area contributed by atoms with E-state index >= 15 is 0 Å². The van der Waals surface area contributed by atoms with Gasteiger partial charge in [-0.1, -0.05) is 36.4 Å². The Morgan fingerprint density at radius 2 is 2.04 bits per heavy atom. The second-order valence-corrected chi connectivity index (χ2v) is 7.52. The van der Waals surface area contributed by atoms with Crippen LogP contribution in [-0.4, -0.2) is 29.2 Å². The highest BCUT2D eigenvalue weighted by molar-refractivity contribution is 7.13. The molecule has 1 aliphatic heterocycles. The van der Waals surface area contributed by atoms with Gasteiger partial charge in [0.15, 0.2) is 5.76 Å². The highest BCUT2D eigenvalue weighted by Crippen LogP contribution is 2.43. The summed E-state index contributed by atoms with van der Waals surface area (Å²) in [5.41, 5.74) is 2.72. The number of thiophene rings is 1. The lowest BCUT2D eigenvalue weighted by atomic mass is 10.0. The van der Waals surface area contributed by atoms with Gasteiger partial charge in [0.1, 0.15) is 12.1 Å². The molecule has 1 fully saturated rings. The van der Waals surface area contributed by atoms with Crippen molar-refractivity contribution in [1.29, 1.82) is 0 Å². The van der Waals surface area contributed by atoms with Crippen LogP contribution in [0.3, 0.4) is 0 Å². The first-order chi connectivity index (χ1) is 13.4. The minimum absolute atomic E-state index is 0.235. The molecule has 136 valence electrons. The molecule has 0 spiro atoms. The van der Waals surface area contributed by atoms with Crippen LogP contribution < -0.4 is 5.32 Å². The number of rotatable bonds is 5. The zero-order valence-corrected chi connectivity index (χ0v) is 15.5. The third-order valence-corrected chi connectivity index (χ3v) is 5.69. The highest BCUT2D eigenvalue weighted by Gasteiger charge is 2.23. The third kappa shape index (κ3) is 3.11. The Morgan fingerprint density at radius 3 is 2.81 bits per heavy atom. The number of fused-ring (bicyclic) bond motifs is 1. The van der Waals surface area contributed by atoms with Gasteiger partial charge in [0.05, 0.1) is 16.4 Å². The Balaban J connectivity index is 1.66. The third-order valence-electron chi connectivity index (χ3n) is 4.82. The standard InChI is InChI=1S/C21H19N3O2S/c1-2-6-14(7-3-1)17-18-20(22-12-15-8-4-10-25-15)23-13-24-21(18)26-19(17)16-9-5-11-27-16/h1-3,5-7,9,11,13,15H,4,8,10,12H2,(H,22,23,24). The smallest absolute Gasteiger partial charge is 0.232 e. The van der Waals surface area contributed by atoms with Crippen LogP contribution in [0.2, 0.25) is 0 Å². The topological polar surface area (TPSA) is 60.2 Å². The van der Waals surface area contributed by atoms with Gasteiger partial charge in [0.2, 0.25) is 5.71 Å². The van der Waals surface area contributed by atoms with Crippen molar-refractivity contribution in [2.45, 2.75) is 18.9 Å². The summed E-state index contributed by atoms with van der Waals surface area (Å²) >= 11 is 1.66. The molecule has 4 heterocycles. The van der Waals surface area contributed by atoms with Gasteiger partial charge in [-0.25, -0.2) is 9.97 Å². The van der Waals surface area contributed by atoms with Crippen molar-refractivity contribution in [3.63, 3.8) is 0 Å². The maximum absolute atomic E-state index is 6.20. The number of anilines is 1. The van der Waals surface area contributed by atoms with Crippen molar-refractivity contribution in [3.8, 4) is 21.8 Å². The Hall–Kier alpha value is -2.70. The maximum atomic E-state index is 6.20. The van der Waals surface area contributed by atoms with Crippen LogP contribution in [-0.2, 0) is 4.74 Å². The number of aromatic nitrogens is 2. The molecule has 5 rings (SSSR count).